The number of aryl methyl sites for hydroxylation is 1. The summed E-state index contributed by atoms with van der Waals surface area (Å²) in [5.74, 6) is 0. The first-order valence-corrected chi connectivity index (χ1v) is 4.60. The van der Waals surface area contributed by atoms with Crippen LogP contribution in [0.5, 0.6) is 0 Å². The van der Waals surface area contributed by atoms with E-state index in [0.717, 1.165) is 12.0 Å². The molecule has 0 saturated heterocycles. The van der Waals surface area contributed by atoms with Crippen molar-refractivity contribution in [2.45, 2.75) is 20.3 Å². The standard InChI is InChI=1S/C13H16/c1-5-11-7-8-12(6-2)13(9-11)10(3)4/h6-9H,2-3,5H2,1,4H3. The molecule has 1 aromatic carbocycles. The minimum Gasteiger partial charge on any atom is -0.0984 e. The Labute approximate surface area is 80.6 Å². The van der Waals surface area contributed by atoms with Gasteiger partial charge in [-0.3, -0.25) is 0 Å². The number of benzene rings is 1. The van der Waals surface area contributed by atoms with Crippen LogP contribution in [0.1, 0.15) is 30.5 Å². The SMILES string of the molecule is C=Cc1ccc(CC)cc1C(=C)C. The molecule has 0 aliphatic carbocycles. The molecule has 0 radical (unpaired) electrons. The summed E-state index contributed by atoms with van der Waals surface area (Å²) in [5, 5.41) is 0. The van der Waals surface area contributed by atoms with Gasteiger partial charge in [0, 0.05) is 0 Å². The summed E-state index contributed by atoms with van der Waals surface area (Å²) >= 11 is 0. The fourth-order valence-corrected chi connectivity index (χ4v) is 1.37. The maximum Gasteiger partial charge on any atom is -0.0158 e. The molecule has 0 unspecified atom stereocenters. The van der Waals surface area contributed by atoms with Crippen molar-refractivity contribution in [2.75, 3.05) is 0 Å². The fraction of sp³-hybridized carbons (Fsp3) is 0.231. The van der Waals surface area contributed by atoms with E-state index in [4.69, 9.17) is 0 Å². The highest BCUT2D eigenvalue weighted by molar-refractivity contribution is 5.71. The first-order chi connectivity index (χ1) is 6.19. The molecule has 0 fully saturated rings. The van der Waals surface area contributed by atoms with Crippen molar-refractivity contribution in [3.63, 3.8) is 0 Å². The third-order valence-electron chi connectivity index (χ3n) is 2.21. The highest BCUT2D eigenvalue weighted by Gasteiger charge is 2.00. The summed E-state index contributed by atoms with van der Waals surface area (Å²) in [4.78, 5) is 0. The Morgan fingerprint density at radius 3 is 2.62 bits per heavy atom. The van der Waals surface area contributed by atoms with E-state index in [1.54, 1.807) is 0 Å². The van der Waals surface area contributed by atoms with Crippen molar-refractivity contribution in [1.29, 1.82) is 0 Å². The fourth-order valence-electron chi connectivity index (χ4n) is 1.37. The molecule has 0 amide bonds. The smallest absolute Gasteiger partial charge is 0.0158 e. The molecule has 0 aliphatic heterocycles. The van der Waals surface area contributed by atoms with Crippen LogP contribution < -0.4 is 0 Å². The topological polar surface area (TPSA) is 0 Å². The third kappa shape index (κ3) is 2.09. The Morgan fingerprint density at radius 2 is 2.15 bits per heavy atom. The second-order valence-corrected chi connectivity index (χ2v) is 3.26. The predicted molar refractivity (Wildman–Crippen MR) is 60.6 cm³/mol. The molecule has 0 aromatic heterocycles. The van der Waals surface area contributed by atoms with Crippen LogP contribution in [0, 0.1) is 0 Å². The molecule has 0 nitrogen and oxygen atoms in total. The van der Waals surface area contributed by atoms with Crippen LogP contribution in [0.3, 0.4) is 0 Å². The monoisotopic (exact) mass is 172 g/mol. The number of rotatable bonds is 3. The van der Waals surface area contributed by atoms with Crippen LogP contribution in [0.2, 0.25) is 0 Å². The molecule has 13 heavy (non-hydrogen) atoms. The van der Waals surface area contributed by atoms with Gasteiger partial charge in [-0.05, 0) is 30.0 Å². The molecule has 0 heterocycles. The average Bonchev–Trinajstić information content (AvgIpc) is 2.16. The van der Waals surface area contributed by atoms with Crippen LogP contribution >= 0.6 is 0 Å². The average molecular weight is 172 g/mol. The Kier molecular flexibility index (Phi) is 3.07. The summed E-state index contributed by atoms with van der Waals surface area (Å²) in [5.41, 5.74) is 4.84. The highest BCUT2D eigenvalue weighted by Crippen LogP contribution is 2.20. The predicted octanol–water partition coefficient (Wildman–Crippen LogP) is 3.93. The maximum atomic E-state index is 3.96. The molecule has 1 rings (SSSR count). The molecule has 0 saturated carbocycles. The largest absolute Gasteiger partial charge is 0.0984 e. The molecule has 0 aliphatic rings. The van der Waals surface area contributed by atoms with Crippen molar-refractivity contribution in [3.8, 4) is 0 Å². The zero-order chi connectivity index (χ0) is 9.84. The van der Waals surface area contributed by atoms with Gasteiger partial charge in [-0.25, -0.2) is 0 Å². The van der Waals surface area contributed by atoms with Crippen LogP contribution in [-0.2, 0) is 6.42 Å². The van der Waals surface area contributed by atoms with E-state index in [9.17, 15) is 0 Å². The lowest BCUT2D eigenvalue weighted by molar-refractivity contribution is 1.14. The normalized spacial score (nSPS) is 9.69. The van der Waals surface area contributed by atoms with E-state index in [2.05, 4.69) is 38.3 Å². The lowest BCUT2D eigenvalue weighted by atomic mass is 9.98. The van der Waals surface area contributed by atoms with Crippen LogP contribution in [0.4, 0.5) is 0 Å². The van der Waals surface area contributed by atoms with Crippen molar-refractivity contribution in [2.24, 2.45) is 0 Å². The Hall–Kier alpha value is -1.30. The summed E-state index contributed by atoms with van der Waals surface area (Å²) in [6, 6.07) is 6.44. The molecule has 1 aromatic rings. The van der Waals surface area contributed by atoms with Crippen molar-refractivity contribution >= 4 is 11.6 Å². The van der Waals surface area contributed by atoms with Crippen molar-refractivity contribution in [3.05, 3.63) is 48.0 Å². The number of hydrogen-bond donors (Lipinski definition) is 0. The first-order valence-electron chi connectivity index (χ1n) is 4.60. The van der Waals surface area contributed by atoms with E-state index in [1.165, 1.54) is 16.7 Å². The molecular formula is C13H16. The quantitative estimate of drug-likeness (QED) is 0.648. The van der Waals surface area contributed by atoms with E-state index in [-0.39, 0.29) is 0 Å². The Morgan fingerprint density at radius 1 is 1.46 bits per heavy atom. The van der Waals surface area contributed by atoms with E-state index < -0.39 is 0 Å². The molecular weight excluding hydrogens is 156 g/mol. The molecule has 0 heteroatoms. The number of allylic oxidation sites excluding steroid dienone is 1. The van der Waals surface area contributed by atoms with Gasteiger partial charge in [-0.1, -0.05) is 49.9 Å². The minimum absolute atomic E-state index is 1.07. The second-order valence-electron chi connectivity index (χ2n) is 3.26. The first kappa shape index (κ1) is 9.79. The Bertz CT molecular complexity index is 332. The zero-order valence-electron chi connectivity index (χ0n) is 8.43. The van der Waals surface area contributed by atoms with Crippen molar-refractivity contribution in [1.82, 2.24) is 0 Å². The van der Waals surface area contributed by atoms with Gasteiger partial charge in [0.1, 0.15) is 0 Å². The van der Waals surface area contributed by atoms with Gasteiger partial charge in [0.15, 0.2) is 0 Å². The van der Waals surface area contributed by atoms with Crippen molar-refractivity contribution < 1.29 is 0 Å². The van der Waals surface area contributed by atoms with Gasteiger partial charge in [0.05, 0.1) is 0 Å². The summed E-state index contributed by atoms with van der Waals surface area (Å²) < 4.78 is 0. The zero-order valence-corrected chi connectivity index (χ0v) is 8.43. The van der Waals surface area contributed by atoms with E-state index in [1.807, 2.05) is 13.0 Å². The molecule has 0 bridgehead atoms. The summed E-state index contributed by atoms with van der Waals surface area (Å²) in [6.45, 7) is 11.9. The van der Waals surface area contributed by atoms with Gasteiger partial charge < -0.3 is 0 Å². The maximum absolute atomic E-state index is 3.96. The van der Waals surface area contributed by atoms with Gasteiger partial charge in [0.25, 0.3) is 0 Å². The third-order valence-corrected chi connectivity index (χ3v) is 2.21. The lowest BCUT2D eigenvalue weighted by Crippen LogP contribution is -1.88. The molecule has 0 atom stereocenters. The molecule has 0 spiro atoms. The van der Waals surface area contributed by atoms with E-state index in [0.29, 0.717) is 0 Å². The second kappa shape index (κ2) is 4.08. The lowest BCUT2D eigenvalue weighted by Gasteiger charge is -2.07. The van der Waals surface area contributed by atoms with Gasteiger partial charge in [-0.2, -0.15) is 0 Å². The summed E-state index contributed by atoms with van der Waals surface area (Å²) in [7, 11) is 0. The summed E-state index contributed by atoms with van der Waals surface area (Å²) in [6.07, 6.45) is 2.95. The van der Waals surface area contributed by atoms with Gasteiger partial charge >= 0.3 is 0 Å². The van der Waals surface area contributed by atoms with Crippen LogP contribution in [0.15, 0.2) is 31.4 Å². The molecule has 68 valence electrons. The van der Waals surface area contributed by atoms with Crippen LogP contribution in [0.25, 0.3) is 11.6 Å². The molecule has 0 N–H and O–H groups in total. The highest BCUT2D eigenvalue weighted by atomic mass is 14.1. The Balaban J connectivity index is 3.25. The minimum atomic E-state index is 1.07. The van der Waals surface area contributed by atoms with Gasteiger partial charge in [0.2, 0.25) is 0 Å². The number of hydrogen-bond acceptors (Lipinski definition) is 0. The van der Waals surface area contributed by atoms with Gasteiger partial charge in [-0.15, -0.1) is 0 Å². The van der Waals surface area contributed by atoms with Crippen LogP contribution in [-0.4, -0.2) is 0 Å². The van der Waals surface area contributed by atoms with E-state index >= 15 is 0 Å².